The lowest BCUT2D eigenvalue weighted by molar-refractivity contribution is 0.134. The highest BCUT2D eigenvalue weighted by Gasteiger charge is 2.14. The number of rotatable bonds is 8. The van der Waals surface area contributed by atoms with Gasteiger partial charge in [-0.3, -0.25) is 4.90 Å². The number of amides is 2. The number of nitrogens with zero attached hydrogens (tertiary/aromatic N) is 2. The predicted molar refractivity (Wildman–Crippen MR) is 99.4 cm³/mol. The van der Waals surface area contributed by atoms with Gasteiger partial charge in [-0.25, -0.2) is 4.79 Å². The molecule has 1 aliphatic rings. The van der Waals surface area contributed by atoms with Gasteiger partial charge in [-0.15, -0.1) is 0 Å². The molecule has 0 spiro atoms. The van der Waals surface area contributed by atoms with E-state index in [4.69, 9.17) is 9.47 Å². The van der Waals surface area contributed by atoms with Crippen LogP contribution in [-0.2, 0) is 4.74 Å². The molecule has 0 aromatic heterocycles. The summed E-state index contributed by atoms with van der Waals surface area (Å²) in [6.45, 7) is 8.18. The van der Waals surface area contributed by atoms with Gasteiger partial charge in [-0.2, -0.15) is 0 Å². The normalized spacial score (nSPS) is 17.1. The van der Waals surface area contributed by atoms with Crippen LogP contribution in [0.15, 0.2) is 24.3 Å². The average Bonchev–Trinajstić information content (AvgIpc) is 2.58. The molecular weight excluding hydrogens is 320 g/mol. The zero-order chi connectivity index (χ0) is 18.1. The largest absolute Gasteiger partial charge is 0.490 e. The summed E-state index contributed by atoms with van der Waals surface area (Å²) in [5.41, 5.74) is 0.669. The molecule has 1 unspecified atom stereocenters. The molecule has 140 valence electrons. The smallest absolute Gasteiger partial charge is 0.319 e. The fourth-order valence-corrected chi connectivity index (χ4v) is 2.73. The number of carbonyl (C=O) groups excluding carboxylic acids is 1. The molecule has 2 N–H and O–H groups in total. The Balaban J connectivity index is 1.80. The van der Waals surface area contributed by atoms with Crippen molar-refractivity contribution >= 4 is 11.7 Å². The number of piperazine rings is 1. The fraction of sp³-hybridized carbons (Fsp3) is 0.611. The standard InChI is InChI=1S/C18H30N4O3/c1-15(14-24-3)19-18(23)20-16-6-4-5-7-17(16)25-13-12-22-10-8-21(2)9-11-22/h4-7,15H,8-14H2,1-3H3,(H2,19,20,23). The first-order valence-corrected chi connectivity index (χ1v) is 8.77. The SMILES string of the molecule is COCC(C)NC(=O)Nc1ccccc1OCCN1CCN(C)CC1. The first kappa shape index (κ1) is 19.5. The summed E-state index contributed by atoms with van der Waals surface area (Å²) in [4.78, 5) is 16.8. The Labute approximate surface area is 150 Å². The average molecular weight is 350 g/mol. The van der Waals surface area contributed by atoms with E-state index in [1.807, 2.05) is 31.2 Å². The van der Waals surface area contributed by atoms with Gasteiger partial charge in [0.1, 0.15) is 12.4 Å². The number of para-hydroxylation sites is 2. The van der Waals surface area contributed by atoms with Crippen LogP contribution in [0.1, 0.15) is 6.92 Å². The Kier molecular flexibility index (Phi) is 7.97. The Bertz CT molecular complexity index is 533. The van der Waals surface area contributed by atoms with Gasteiger partial charge in [0, 0.05) is 39.8 Å². The van der Waals surface area contributed by atoms with E-state index in [1.54, 1.807) is 7.11 Å². The third-order valence-electron chi connectivity index (χ3n) is 4.19. The van der Waals surface area contributed by atoms with Crippen LogP contribution in [0.5, 0.6) is 5.75 Å². The Morgan fingerprint density at radius 2 is 1.96 bits per heavy atom. The number of nitrogens with one attached hydrogen (secondary N) is 2. The van der Waals surface area contributed by atoms with Crippen LogP contribution < -0.4 is 15.4 Å². The molecule has 7 heteroatoms. The first-order valence-electron chi connectivity index (χ1n) is 8.77. The first-order chi connectivity index (χ1) is 12.1. The van der Waals surface area contributed by atoms with E-state index in [2.05, 4.69) is 27.5 Å². The van der Waals surface area contributed by atoms with Crippen molar-refractivity contribution in [1.29, 1.82) is 0 Å². The Morgan fingerprint density at radius 1 is 1.24 bits per heavy atom. The van der Waals surface area contributed by atoms with E-state index in [0.717, 1.165) is 32.7 Å². The lowest BCUT2D eigenvalue weighted by Gasteiger charge is -2.32. The molecule has 1 aromatic rings. The van der Waals surface area contributed by atoms with Crippen LogP contribution >= 0.6 is 0 Å². The fourth-order valence-electron chi connectivity index (χ4n) is 2.73. The van der Waals surface area contributed by atoms with Gasteiger partial charge in [0.15, 0.2) is 0 Å². The van der Waals surface area contributed by atoms with Gasteiger partial charge < -0.3 is 25.0 Å². The highest BCUT2D eigenvalue weighted by atomic mass is 16.5. The third-order valence-corrected chi connectivity index (χ3v) is 4.19. The van der Waals surface area contributed by atoms with Gasteiger partial charge in [0.05, 0.1) is 18.3 Å². The van der Waals surface area contributed by atoms with Gasteiger partial charge in [-0.05, 0) is 26.1 Å². The van der Waals surface area contributed by atoms with E-state index >= 15 is 0 Å². The lowest BCUT2D eigenvalue weighted by atomic mass is 10.3. The van der Waals surface area contributed by atoms with Crippen LogP contribution in [-0.4, -0.2) is 82.0 Å². The molecule has 0 saturated carbocycles. The summed E-state index contributed by atoms with van der Waals surface area (Å²) >= 11 is 0. The van der Waals surface area contributed by atoms with Crippen molar-refractivity contribution in [3.05, 3.63) is 24.3 Å². The number of carbonyl (C=O) groups is 1. The van der Waals surface area contributed by atoms with Crippen molar-refractivity contribution in [1.82, 2.24) is 15.1 Å². The molecule has 0 aliphatic carbocycles. The summed E-state index contributed by atoms with van der Waals surface area (Å²) in [7, 11) is 3.76. The van der Waals surface area contributed by atoms with E-state index < -0.39 is 0 Å². The molecule has 1 aliphatic heterocycles. The molecule has 7 nitrogen and oxygen atoms in total. The van der Waals surface area contributed by atoms with Gasteiger partial charge in [0.2, 0.25) is 0 Å². The van der Waals surface area contributed by atoms with E-state index in [-0.39, 0.29) is 12.1 Å². The van der Waals surface area contributed by atoms with Crippen molar-refractivity contribution < 1.29 is 14.3 Å². The minimum Gasteiger partial charge on any atom is -0.490 e. The van der Waals surface area contributed by atoms with Crippen LogP contribution in [0.25, 0.3) is 0 Å². The zero-order valence-corrected chi connectivity index (χ0v) is 15.5. The van der Waals surface area contributed by atoms with Crippen LogP contribution in [0, 0.1) is 0 Å². The number of benzene rings is 1. The van der Waals surface area contributed by atoms with Gasteiger partial charge in [-0.1, -0.05) is 12.1 Å². The van der Waals surface area contributed by atoms with E-state index in [1.165, 1.54) is 0 Å². The number of hydrogen-bond donors (Lipinski definition) is 2. The monoisotopic (exact) mass is 350 g/mol. The summed E-state index contributed by atoms with van der Waals surface area (Å²) in [6.07, 6.45) is 0. The number of ether oxygens (including phenoxy) is 2. The Hall–Kier alpha value is -1.83. The predicted octanol–water partition coefficient (Wildman–Crippen LogP) is 1.47. The lowest BCUT2D eigenvalue weighted by Crippen LogP contribution is -2.45. The van der Waals surface area contributed by atoms with Gasteiger partial charge >= 0.3 is 6.03 Å². The topological polar surface area (TPSA) is 66.1 Å². The molecule has 2 amide bonds. The molecular formula is C18H30N4O3. The second-order valence-electron chi connectivity index (χ2n) is 6.44. The summed E-state index contributed by atoms with van der Waals surface area (Å²) in [5, 5.41) is 5.67. The number of likely N-dealkylation sites (N-methyl/N-ethyl adjacent to an activating group) is 1. The molecule has 25 heavy (non-hydrogen) atoms. The minimum atomic E-state index is -0.264. The molecule has 1 saturated heterocycles. The number of urea groups is 1. The number of anilines is 1. The summed E-state index contributed by atoms with van der Waals surface area (Å²) in [5.74, 6) is 0.686. The third kappa shape index (κ3) is 6.89. The van der Waals surface area contributed by atoms with Crippen LogP contribution in [0.2, 0.25) is 0 Å². The maximum absolute atomic E-state index is 12.1. The molecule has 2 rings (SSSR count). The van der Waals surface area contributed by atoms with Crippen molar-refractivity contribution in [2.24, 2.45) is 0 Å². The van der Waals surface area contributed by atoms with E-state index in [9.17, 15) is 4.79 Å². The number of hydrogen-bond acceptors (Lipinski definition) is 5. The van der Waals surface area contributed by atoms with Crippen molar-refractivity contribution in [3.8, 4) is 5.75 Å². The molecule has 1 aromatic carbocycles. The second kappa shape index (κ2) is 10.2. The molecule has 1 atom stereocenters. The van der Waals surface area contributed by atoms with Crippen LogP contribution in [0.4, 0.5) is 10.5 Å². The maximum Gasteiger partial charge on any atom is 0.319 e. The second-order valence-corrected chi connectivity index (χ2v) is 6.44. The van der Waals surface area contributed by atoms with Crippen molar-refractivity contribution in [2.45, 2.75) is 13.0 Å². The maximum atomic E-state index is 12.1. The van der Waals surface area contributed by atoms with Gasteiger partial charge in [0.25, 0.3) is 0 Å². The minimum absolute atomic E-state index is 0.0599. The molecule has 0 bridgehead atoms. The molecule has 0 radical (unpaired) electrons. The highest BCUT2D eigenvalue weighted by Crippen LogP contribution is 2.23. The Morgan fingerprint density at radius 3 is 2.68 bits per heavy atom. The quantitative estimate of drug-likeness (QED) is 0.743. The van der Waals surface area contributed by atoms with Crippen LogP contribution in [0.3, 0.4) is 0 Å². The van der Waals surface area contributed by atoms with Crippen molar-refractivity contribution in [3.63, 3.8) is 0 Å². The zero-order valence-electron chi connectivity index (χ0n) is 15.5. The molecule has 1 heterocycles. The number of methoxy groups -OCH3 is 1. The highest BCUT2D eigenvalue weighted by molar-refractivity contribution is 5.91. The summed E-state index contributed by atoms with van der Waals surface area (Å²) < 4.78 is 10.9. The van der Waals surface area contributed by atoms with Crippen molar-refractivity contribution in [2.75, 3.05) is 65.4 Å². The van der Waals surface area contributed by atoms with E-state index in [0.29, 0.717) is 24.7 Å². The molecule has 1 fully saturated rings. The summed E-state index contributed by atoms with van der Waals surface area (Å²) in [6, 6.07) is 7.17.